The van der Waals surface area contributed by atoms with E-state index in [1.807, 2.05) is 12.1 Å². The normalized spacial score (nSPS) is 18.7. The number of piperazine rings is 1. The zero-order valence-electron chi connectivity index (χ0n) is 13.3. The van der Waals surface area contributed by atoms with Crippen molar-refractivity contribution in [3.05, 3.63) is 65.7 Å². The first kappa shape index (κ1) is 16.0. The van der Waals surface area contributed by atoms with Crippen LogP contribution in [-0.2, 0) is 6.54 Å². The Balaban J connectivity index is 1.72. The van der Waals surface area contributed by atoms with Crippen LogP contribution in [0.2, 0.25) is 0 Å². The maximum absolute atomic E-state index is 8.88. The molecule has 1 aliphatic rings. The Morgan fingerprint density at radius 2 is 2.00 bits per heavy atom. The average molecular weight is 312 g/mol. The van der Waals surface area contributed by atoms with E-state index in [-0.39, 0.29) is 6.61 Å². The second-order valence-electron chi connectivity index (χ2n) is 5.82. The predicted octanol–water partition coefficient (Wildman–Crippen LogP) is 2.20. The SMILES string of the molecule is OCCOc1cccc(CN2CCNCC2c2ccccc2)c1. The standard InChI is InChI=1S/C19H24N2O2/c22-11-12-23-18-8-4-5-16(13-18)15-21-10-9-20-14-19(21)17-6-2-1-3-7-17/h1-8,13,19-20,22H,9-12,14-15H2. The van der Waals surface area contributed by atoms with E-state index < -0.39 is 0 Å². The highest BCUT2D eigenvalue weighted by Gasteiger charge is 2.23. The van der Waals surface area contributed by atoms with Crippen LogP contribution in [0.4, 0.5) is 0 Å². The molecule has 0 aromatic heterocycles. The fourth-order valence-electron chi connectivity index (χ4n) is 3.07. The van der Waals surface area contributed by atoms with Gasteiger partial charge in [0.15, 0.2) is 0 Å². The topological polar surface area (TPSA) is 44.7 Å². The van der Waals surface area contributed by atoms with E-state index in [1.54, 1.807) is 0 Å². The molecule has 2 aromatic carbocycles. The summed E-state index contributed by atoms with van der Waals surface area (Å²) in [6.45, 7) is 4.30. The van der Waals surface area contributed by atoms with Gasteiger partial charge in [-0.2, -0.15) is 0 Å². The molecule has 0 bridgehead atoms. The smallest absolute Gasteiger partial charge is 0.119 e. The van der Waals surface area contributed by atoms with E-state index in [9.17, 15) is 0 Å². The van der Waals surface area contributed by atoms with Crippen molar-refractivity contribution in [2.75, 3.05) is 32.8 Å². The van der Waals surface area contributed by atoms with Crippen LogP contribution in [0.5, 0.6) is 5.75 Å². The highest BCUT2D eigenvalue weighted by molar-refractivity contribution is 5.29. The number of aliphatic hydroxyl groups excluding tert-OH is 1. The second-order valence-corrected chi connectivity index (χ2v) is 5.82. The summed E-state index contributed by atoms with van der Waals surface area (Å²) in [5.74, 6) is 0.822. The van der Waals surface area contributed by atoms with E-state index in [0.717, 1.165) is 31.9 Å². The average Bonchev–Trinajstić information content (AvgIpc) is 2.61. The molecule has 1 saturated heterocycles. The molecule has 0 amide bonds. The third-order valence-electron chi connectivity index (χ3n) is 4.18. The van der Waals surface area contributed by atoms with Gasteiger partial charge in [0.2, 0.25) is 0 Å². The number of nitrogens with one attached hydrogen (secondary N) is 1. The molecular weight excluding hydrogens is 288 g/mol. The van der Waals surface area contributed by atoms with Crippen molar-refractivity contribution < 1.29 is 9.84 Å². The molecule has 0 aliphatic carbocycles. The van der Waals surface area contributed by atoms with Crippen LogP contribution in [0.15, 0.2) is 54.6 Å². The molecule has 1 unspecified atom stereocenters. The van der Waals surface area contributed by atoms with Crippen LogP contribution in [-0.4, -0.2) is 42.9 Å². The highest BCUT2D eigenvalue weighted by atomic mass is 16.5. The van der Waals surface area contributed by atoms with Gasteiger partial charge < -0.3 is 15.2 Å². The molecule has 1 fully saturated rings. The first-order chi connectivity index (χ1) is 11.4. The van der Waals surface area contributed by atoms with Crippen LogP contribution >= 0.6 is 0 Å². The van der Waals surface area contributed by atoms with Crippen molar-refractivity contribution in [1.29, 1.82) is 0 Å². The summed E-state index contributed by atoms with van der Waals surface area (Å²) in [7, 11) is 0. The van der Waals surface area contributed by atoms with Crippen LogP contribution in [0.3, 0.4) is 0 Å². The molecule has 0 radical (unpaired) electrons. The van der Waals surface area contributed by atoms with Gasteiger partial charge in [-0.15, -0.1) is 0 Å². The van der Waals surface area contributed by atoms with Crippen LogP contribution < -0.4 is 10.1 Å². The summed E-state index contributed by atoms with van der Waals surface area (Å²) in [4.78, 5) is 2.51. The van der Waals surface area contributed by atoms with E-state index in [0.29, 0.717) is 12.6 Å². The van der Waals surface area contributed by atoms with E-state index in [1.165, 1.54) is 11.1 Å². The van der Waals surface area contributed by atoms with Crippen molar-refractivity contribution in [1.82, 2.24) is 10.2 Å². The zero-order chi connectivity index (χ0) is 15.9. The number of aliphatic hydroxyl groups is 1. The summed E-state index contributed by atoms with van der Waals surface area (Å²) in [6.07, 6.45) is 0. The third-order valence-corrected chi connectivity index (χ3v) is 4.18. The molecule has 2 aromatic rings. The molecule has 4 heteroatoms. The minimum absolute atomic E-state index is 0.0398. The lowest BCUT2D eigenvalue weighted by atomic mass is 10.0. The molecule has 4 nitrogen and oxygen atoms in total. The number of rotatable bonds is 6. The van der Waals surface area contributed by atoms with Crippen LogP contribution in [0.1, 0.15) is 17.2 Å². The molecule has 1 heterocycles. The fraction of sp³-hybridized carbons (Fsp3) is 0.368. The number of hydrogen-bond acceptors (Lipinski definition) is 4. The summed E-state index contributed by atoms with van der Waals surface area (Å²) in [5, 5.41) is 12.4. The summed E-state index contributed by atoms with van der Waals surface area (Å²) < 4.78 is 5.52. The summed E-state index contributed by atoms with van der Waals surface area (Å²) >= 11 is 0. The monoisotopic (exact) mass is 312 g/mol. The van der Waals surface area contributed by atoms with Gasteiger partial charge in [0.05, 0.1) is 6.61 Å². The lowest BCUT2D eigenvalue weighted by Gasteiger charge is -2.36. The lowest BCUT2D eigenvalue weighted by Crippen LogP contribution is -2.45. The first-order valence-corrected chi connectivity index (χ1v) is 8.19. The van der Waals surface area contributed by atoms with Gasteiger partial charge >= 0.3 is 0 Å². The van der Waals surface area contributed by atoms with E-state index >= 15 is 0 Å². The number of nitrogens with zero attached hydrogens (tertiary/aromatic N) is 1. The molecule has 2 N–H and O–H groups in total. The minimum atomic E-state index is 0.0398. The quantitative estimate of drug-likeness (QED) is 0.858. The Bertz CT molecular complexity index is 603. The Morgan fingerprint density at radius 1 is 1.13 bits per heavy atom. The minimum Gasteiger partial charge on any atom is -0.491 e. The summed E-state index contributed by atoms with van der Waals surface area (Å²) in [6, 6.07) is 19.2. The van der Waals surface area contributed by atoms with Crippen molar-refractivity contribution in [3.8, 4) is 5.75 Å². The maximum atomic E-state index is 8.88. The molecular formula is C19H24N2O2. The van der Waals surface area contributed by atoms with Crippen molar-refractivity contribution in [2.45, 2.75) is 12.6 Å². The van der Waals surface area contributed by atoms with Crippen molar-refractivity contribution in [2.24, 2.45) is 0 Å². The lowest BCUT2D eigenvalue weighted by molar-refractivity contribution is 0.153. The molecule has 1 atom stereocenters. The molecule has 1 aliphatic heterocycles. The fourth-order valence-corrected chi connectivity index (χ4v) is 3.07. The van der Waals surface area contributed by atoms with Gasteiger partial charge in [-0.3, -0.25) is 4.90 Å². The van der Waals surface area contributed by atoms with Crippen molar-refractivity contribution in [3.63, 3.8) is 0 Å². The molecule has 0 spiro atoms. The van der Waals surface area contributed by atoms with Gasteiger partial charge in [-0.25, -0.2) is 0 Å². The molecule has 0 saturated carbocycles. The zero-order valence-corrected chi connectivity index (χ0v) is 13.3. The number of ether oxygens (including phenoxy) is 1. The van der Waals surface area contributed by atoms with Gasteiger partial charge in [-0.1, -0.05) is 42.5 Å². The third kappa shape index (κ3) is 4.32. The molecule has 23 heavy (non-hydrogen) atoms. The molecule has 122 valence electrons. The maximum Gasteiger partial charge on any atom is 0.119 e. The number of benzene rings is 2. The number of hydrogen-bond donors (Lipinski definition) is 2. The van der Waals surface area contributed by atoms with Gasteiger partial charge in [0.1, 0.15) is 12.4 Å². The Kier molecular flexibility index (Phi) is 5.64. The second kappa shape index (κ2) is 8.11. The Hall–Kier alpha value is -1.88. The van der Waals surface area contributed by atoms with E-state index in [2.05, 4.69) is 52.7 Å². The highest BCUT2D eigenvalue weighted by Crippen LogP contribution is 2.25. The van der Waals surface area contributed by atoms with Gasteiger partial charge in [0, 0.05) is 32.2 Å². The predicted molar refractivity (Wildman–Crippen MR) is 91.5 cm³/mol. The Morgan fingerprint density at radius 3 is 2.83 bits per heavy atom. The van der Waals surface area contributed by atoms with Crippen molar-refractivity contribution >= 4 is 0 Å². The van der Waals surface area contributed by atoms with E-state index in [4.69, 9.17) is 9.84 Å². The Labute approximate surface area is 137 Å². The first-order valence-electron chi connectivity index (χ1n) is 8.19. The molecule has 3 rings (SSSR count). The van der Waals surface area contributed by atoms with Gasteiger partial charge in [-0.05, 0) is 23.3 Å². The van der Waals surface area contributed by atoms with Crippen LogP contribution in [0, 0.1) is 0 Å². The largest absolute Gasteiger partial charge is 0.491 e. The summed E-state index contributed by atoms with van der Waals surface area (Å²) in [5.41, 5.74) is 2.59. The van der Waals surface area contributed by atoms with Crippen LogP contribution in [0.25, 0.3) is 0 Å². The van der Waals surface area contributed by atoms with Gasteiger partial charge in [0.25, 0.3) is 0 Å².